The zero-order chi connectivity index (χ0) is 0. The first-order chi connectivity index (χ1) is 0. The molecule has 5 heteroatoms. The van der Waals surface area contributed by atoms with Crippen molar-refractivity contribution in [3.05, 3.63) is 0 Å². The number of halogens is 2. The summed E-state index contributed by atoms with van der Waals surface area (Å²) in [6.45, 7) is 0. The Morgan fingerprint density at radius 1 is 0.800 bits per heavy atom. The van der Waals surface area contributed by atoms with Crippen molar-refractivity contribution in [2.24, 2.45) is 0 Å². The Morgan fingerprint density at radius 3 is 0.800 bits per heavy atom. The average molecular weight is 171 g/mol. The molecule has 0 amide bonds. The molecule has 0 aliphatic carbocycles. The van der Waals surface area contributed by atoms with Gasteiger partial charge in [0.2, 0.25) is 0 Å². The SMILES string of the molecule is O.[Ca+2].[CaH2].[Cl-].[Cl-]. The van der Waals surface area contributed by atoms with E-state index >= 15 is 0 Å². The maximum atomic E-state index is 0. The molecule has 0 fully saturated rings. The molecule has 0 saturated carbocycles. The molecule has 0 spiro atoms. The normalized spacial score (nSPS) is 0. The van der Waals surface area contributed by atoms with E-state index < -0.39 is 0 Å². The molecule has 0 aliphatic rings. The quantitative estimate of drug-likeness (QED) is 0.324. The third kappa shape index (κ3) is 19.3. The van der Waals surface area contributed by atoms with Crippen LogP contribution in [0.2, 0.25) is 0 Å². The van der Waals surface area contributed by atoms with E-state index in [0.29, 0.717) is 0 Å². The van der Waals surface area contributed by atoms with Crippen molar-refractivity contribution in [1.29, 1.82) is 0 Å². The van der Waals surface area contributed by atoms with Crippen LogP contribution in [-0.4, -0.2) is 81.0 Å². The van der Waals surface area contributed by atoms with Gasteiger partial charge in [-0.15, -0.1) is 0 Å². The van der Waals surface area contributed by atoms with Crippen LogP contribution >= 0.6 is 0 Å². The zero-order valence-corrected chi connectivity index (χ0v) is 5.68. The van der Waals surface area contributed by atoms with E-state index in [1.807, 2.05) is 0 Å². The minimum Gasteiger partial charge on any atom is -1.00 e. The monoisotopic (exact) mass is 170 g/mol. The average Bonchev–Trinajstić information content (AvgIpc) is 0. The van der Waals surface area contributed by atoms with Crippen molar-refractivity contribution in [3.63, 3.8) is 0 Å². The van der Waals surface area contributed by atoms with Crippen molar-refractivity contribution in [1.82, 2.24) is 0 Å². The molecule has 0 heterocycles. The fourth-order valence-corrected chi connectivity index (χ4v) is 0. The third-order valence-electron chi connectivity index (χ3n) is 0. The molecule has 5 heavy (non-hydrogen) atoms. The van der Waals surface area contributed by atoms with Gasteiger partial charge in [0, 0.05) is 0 Å². The van der Waals surface area contributed by atoms with Gasteiger partial charge in [-0.25, -0.2) is 0 Å². The fraction of sp³-hybridized carbons (Fsp3) is 0. The molecular formula is H4Ca2Cl2O. The molecule has 0 aliphatic heterocycles. The molecule has 0 atom stereocenters. The molecule has 0 aromatic carbocycles. The van der Waals surface area contributed by atoms with E-state index in [1.165, 1.54) is 0 Å². The van der Waals surface area contributed by atoms with E-state index in [-0.39, 0.29) is 106 Å². The molecule has 2 N–H and O–H groups in total. The van der Waals surface area contributed by atoms with Crippen molar-refractivity contribution in [3.8, 4) is 0 Å². The summed E-state index contributed by atoms with van der Waals surface area (Å²) in [5.41, 5.74) is 0. The maximum absolute atomic E-state index is 0. The summed E-state index contributed by atoms with van der Waals surface area (Å²) in [4.78, 5) is 0. The smallest absolute Gasteiger partial charge is 1.00 e. The van der Waals surface area contributed by atoms with E-state index in [2.05, 4.69) is 0 Å². The minimum atomic E-state index is 0. The van der Waals surface area contributed by atoms with Crippen molar-refractivity contribution >= 4 is 75.5 Å². The summed E-state index contributed by atoms with van der Waals surface area (Å²) >= 11 is 0. The Balaban J connectivity index is 0. The van der Waals surface area contributed by atoms with Crippen molar-refractivity contribution in [2.45, 2.75) is 0 Å². The molecule has 0 radical (unpaired) electrons. The van der Waals surface area contributed by atoms with E-state index in [1.54, 1.807) is 0 Å². The topological polar surface area (TPSA) is 31.5 Å². The van der Waals surface area contributed by atoms with Crippen LogP contribution < -0.4 is 24.8 Å². The van der Waals surface area contributed by atoms with Crippen LogP contribution in [0.15, 0.2) is 0 Å². The van der Waals surface area contributed by atoms with Gasteiger partial charge in [0.05, 0.1) is 0 Å². The molecular weight excluding hydrogens is 167 g/mol. The summed E-state index contributed by atoms with van der Waals surface area (Å²) < 4.78 is 0. The van der Waals surface area contributed by atoms with Crippen molar-refractivity contribution < 1.29 is 30.3 Å². The van der Waals surface area contributed by atoms with Gasteiger partial charge >= 0.3 is 75.5 Å². The van der Waals surface area contributed by atoms with E-state index in [4.69, 9.17) is 0 Å². The molecule has 28 valence electrons. The fourth-order valence-electron chi connectivity index (χ4n) is 0. The van der Waals surface area contributed by atoms with E-state index in [0.717, 1.165) is 0 Å². The van der Waals surface area contributed by atoms with Gasteiger partial charge in [-0.05, 0) is 0 Å². The van der Waals surface area contributed by atoms with Gasteiger partial charge in [-0.3, -0.25) is 0 Å². The Bertz CT molecular complexity index is 7.61. The Morgan fingerprint density at radius 2 is 0.800 bits per heavy atom. The van der Waals surface area contributed by atoms with Crippen LogP contribution in [0.5, 0.6) is 0 Å². The summed E-state index contributed by atoms with van der Waals surface area (Å²) in [7, 11) is 0. The molecule has 0 unspecified atom stereocenters. The molecule has 0 bridgehead atoms. The summed E-state index contributed by atoms with van der Waals surface area (Å²) in [6, 6.07) is 0. The molecule has 0 aromatic rings. The third-order valence-corrected chi connectivity index (χ3v) is 0. The van der Waals surface area contributed by atoms with Gasteiger partial charge in [0.25, 0.3) is 0 Å². The summed E-state index contributed by atoms with van der Waals surface area (Å²) in [6.07, 6.45) is 0. The van der Waals surface area contributed by atoms with Crippen molar-refractivity contribution in [2.75, 3.05) is 0 Å². The van der Waals surface area contributed by atoms with Gasteiger partial charge in [-0.2, -0.15) is 0 Å². The first-order valence-corrected chi connectivity index (χ1v) is 0. The summed E-state index contributed by atoms with van der Waals surface area (Å²) in [5.74, 6) is 0. The van der Waals surface area contributed by atoms with Gasteiger partial charge in [-0.1, -0.05) is 0 Å². The standard InChI is InChI=1S/2Ca.2ClH.H2O.2H/h;;2*1H;1H2;;/q;+2;;;;;/p-2. The number of rotatable bonds is 0. The van der Waals surface area contributed by atoms with Crippen LogP contribution in [0, 0.1) is 0 Å². The van der Waals surface area contributed by atoms with Gasteiger partial charge in [0.1, 0.15) is 0 Å². The first kappa shape index (κ1) is 42.9. The largest absolute Gasteiger partial charge is 1.00 e. The molecule has 0 saturated heterocycles. The van der Waals surface area contributed by atoms with E-state index in [9.17, 15) is 0 Å². The molecule has 1 nitrogen and oxygen atoms in total. The second-order valence-corrected chi connectivity index (χ2v) is 0. The minimum absolute atomic E-state index is 0. The van der Waals surface area contributed by atoms with Crippen LogP contribution in [0.25, 0.3) is 0 Å². The maximum Gasteiger partial charge on any atom is -1.00 e. The van der Waals surface area contributed by atoms with Crippen LogP contribution in [0.4, 0.5) is 0 Å². The van der Waals surface area contributed by atoms with Crippen LogP contribution in [0.3, 0.4) is 0 Å². The molecule has 0 aromatic heterocycles. The second kappa shape index (κ2) is 27.7. The summed E-state index contributed by atoms with van der Waals surface area (Å²) in [5, 5.41) is 0. The number of hydrogen-bond donors (Lipinski definition) is 0. The Hall–Kier alpha value is 3.06. The van der Waals surface area contributed by atoms with Gasteiger partial charge < -0.3 is 30.3 Å². The predicted octanol–water partition coefficient (Wildman–Crippen LogP) is -8.11. The Labute approximate surface area is 103 Å². The van der Waals surface area contributed by atoms with Crippen LogP contribution in [0.1, 0.15) is 0 Å². The first-order valence-electron chi connectivity index (χ1n) is 0. The number of hydrogen-bond acceptors (Lipinski definition) is 0. The Kier molecular flexibility index (Phi) is 238. The molecule has 0 rings (SSSR count). The van der Waals surface area contributed by atoms with Crippen LogP contribution in [-0.2, 0) is 0 Å². The second-order valence-electron chi connectivity index (χ2n) is 0. The predicted molar refractivity (Wildman–Crippen MR) is 17.9 cm³/mol. The van der Waals surface area contributed by atoms with Gasteiger partial charge in [0.15, 0.2) is 0 Å². The zero-order valence-electron chi connectivity index (χ0n) is 1.96.